The average Bonchev–Trinajstić information content (AvgIpc) is 4.26. The second kappa shape index (κ2) is 13.2. The Kier molecular flexibility index (Phi) is 6.92. The van der Waals surface area contributed by atoms with Crippen LogP contribution in [0.5, 0.6) is 0 Å². The molecule has 70 heavy (non-hydrogen) atoms. The maximum absolute atomic E-state index is 2.64. The van der Waals surface area contributed by atoms with Gasteiger partial charge in [-0.1, -0.05) is 170 Å². The number of hydrogen-bond donors (Lipinski definition) is 0. The molecule has 0 aliphatic carbocycles. The molecule has 0 aliphatic rings. The van der Waals surface area contributed by atoms with Crippen molar-refractivity contribution in [2.24, 2.45) is 0 Å². The van der Waals surface area contributed by atoms with Crippen LogP contribution >= 0.6 is 0 Å². The maximum Gasteiger partial charge on any atom is 0.0634 e. The van der Waals surface area contributed by atoms with Crippen molar-refractivity contribution >= 4 is 120 Å². The van der Waals surface area contributed by atoms with Crippen LogP contribution < -0.4 is 0 Å². The molecule has 0 unspecified atom stereocenters. The van der Waals surface area contributed by atoms with E-state index in [0.717, 1.165) is 11.4 Å². The molecule has 0 fully saturated rings. The van der Waals surface area contributed by atoms with Crippen molar-refractivity contribution in [3.63, 3.8) is 0 Å². The van der Waals surface area contributed by atoms with Crippen molar-refractivity contribution in [2.45, 2.75) is 0 Å². The second-order valence-electron chi connectivity index (χ2n) is 19.2. The van der Waals surface area contributed by atoms with Crippen LogP contribution in [-0.4, -0.2) is 17.9 Å². The molecule has 17 rings (SSSR count). The highest BCUT2D eigenvalue weighted by Crippen LogP contribution is 2.55. The van der Waals surface area contributed by atoms with E-state index < -0.39 is 0 Å². The first-order chi connectivity index (χ1) is 34.8. The number of fused-ring (bicyclic) bond motifs is 18. The Bertz CT molecular complexity index is 4690. The summed E-state index contributed by atoms with van der Waals surface area (Å²) in [5.74, 6) is 0. The summed E-state index contributed by atoms with van der Waals surface area (Å²) in [7, 11) is 0. The third-order valence-electron chi connectivity index (χ3n) is 15.7. The average molecular weight is 887 g/mol. The lowest BCUT2D eigenvalue weighted by Gasteiger charge is -2.16. The van der Waals surface area contributed by atoms with Crippen molar-refractivity contribution in [2.75, 3.05) is 0 Å². The van der Waals surface area contributed by atoms with Gasteiger partial charge >= 0.3 is 0 Å². The number of aromatic nitrogens is 4. The van der Waals surface area contributed by atoms with Crippen LogP contribution in [0.3, 0.4) is 0 Å². The fraction of sp³-hybridized carbons (Fsp3) is 0. The molecule has 322 valence electrons. The summed E-state index contributed by atoms with van der Waals surface area (Å²) >= 11 is 0. The van der Waals surface area contributed by atoms with Crippen molar-refractivity contribution in [1.82, 2.24) is 17.9 Å². The Morgan fingerprint density at radius 2 is 0.557 bits per heavy atom. The van der Waals surface area contributed by atoms with Gasteiger partial charge < -0.3 is 17.9 Å². The van der Waals surface area contributed by atoms with E-state index in [1.54, 1.807) is 0 Å². The molecule has 0 bridgehead atoms. The highest BCUT2D eigenvalue weighted by molar-refractivity contribution is 6.39. The van der Waals surface area contributed by atoms with Gasteiger partial charge in [-0.25, -0.2) is 0 Å². The highest BCUT2D eigenvalue weighted by Gasteiger charge is 2.31. The molecule has 0 radical (unpaired) electrons. The first-order valence-electron chi connectivity index (χ1n) is 24.3. The predicted molar refractivity (Wildman–Crippen MR) is 295 cm³/mol. The van der Waals surface area contributed by atoms with Gasteiger partial charge in [-0.3, -0.25) is 0 Å². The minimum Gasteiger partial charge on any atom is -0.309 e. The van der Waals surface area contributed by atoms with Gasteiger partial charge in [0.25, 0.3) is 0 Å². The monoisotopic (exact) mass is 886 g/mol. The molecular formula is C66H38N4. The quantitative estimate of drug-likeness (QED) is 0.168. The molecule has 0 amide bonds. The first-order valence-corrected chi connectivity index (χ1v) is 24.3. The summed E-state index contributed by atoms with van der Waals surface area (Å²) in [6, 6.07) is 85.8. The molecule has 17 aromatic rings. The molecule has 4 heteroatoms. The minimum atomic E-state index is 1.16. The Morgan fingerprint density at radius 3 is 0.986 bits per heavy atom. The van der Waals surface area contributed by atoms with Gasteiger partial charge in [0.05, 0.1) is 55.2 Å². The van der Waals surface area contributed by atoms with Crippen molar-refractivity contribution < 1.29 is 0 Å². The predicted octanol–water partition coefficient (Wildman–Crippen LogP) is 17.5. The Labute approximate surface area is 400 Å². The third kappa shape index (κ3) is 4.47. The van der Waals surface area contributed by atoms with Gasteiger partial charge in [-0.05, 0) is 71.8 Å². The summed E-state index contributed by atoms with van der Waals surface area (Å²) in [5, 5.41) is 15.2. The number of benzene rings is 11. The molecule has 0 atom stereocenters. The number of rotatable bonds is 4. The molecule has 0 N–H and O–H groups in total. The molecule has 0 saturated heterocycles. The summed E-state index contributed by atoms with van der Waals surface area (Å²) in [6.07, 6.45) is 0. The van der Waals surface area contributed by atoms with Crippen LogP contribution in [0.25, 0.3) is 153 Å². The van der Waals surface area contributed by atoms with Crippen molar-refractivity contribution in [1.29, 1.82) is 0 Å². The highest BCUT2D eigenvalue weighted by atomic mass is 15.0. The lowest BCUT2D eigenvalue weighted by molar-refractivity contribution is 1.18. The largest absolute Gasteiger partial charge is 0.309 e. The number of nitrogens with zero attached hydrogens (tertiary/aromatic N) is 4. The van der Waals surface area contributed by atoms with Crippen LogP contribution in [0, 0.1) is 0 Å². The van der Waals surface area contributed by atoms with Crippen LogP contribution in [0.4, 0.5) is 0 Å². The van der Waals surface area contributed by atoms with E-state index >= 15 is 0 Å². The number of hydrogen-bond acceptors (Lipinski definition) is 0. The Balaban J connectivity index is 1.13. The normalized spacial score (nSPS) is 12.6. The molecule has 4 nitrogen and oxygen atoms in total. The smallest absolute Gasteiger partial charge is 0.0634 e. The van der Waals surface area contributed by atoms with E-state index in [4.69, 9.17) is 0 Å². The van der Waals surface area contributed by atoms with Crippen LogP contribution in [0.1, 0.15) is 0 Å². The topological polar surface area (TPSA) is 18.7 Å². The number of para-hydroxylation sites is 6. The van der Waals surface area contributed by atoms with Gasteiger partial charge in [0.15, 0.2) is 0 Å². The SMILES string of the molecule is c1ccc(-c2c3c4cccc5c6cc7c8ccccc8n(-c8ccccc8)c7cc6n(c3c(-c3ccccc3)c3c6cccc7c8cc9c%10ccccc%10n(-c%10ccccc%10)c9cc8n(c23)c76)c54)cc1. The zero-order chi connectivity index (χ0) is 45.3. The molecular weight excluding hydrogens is 849 g/mol. The lowest BCUT2D eigenvalue weighted by atomic mass is 9.89. The third-order valence-corrected chi connectivity index (χ3v) is 15.7. The fourth-order valence-corrected chi connectivity index (χ4v) is 13.1. The Morgan fingerprint density at radius 1 is 0.214 bits per heavy atom. The van der Waals surface area contributed by atoms with Crippen molar-refractivity contribution in [3.8, 4) is 33.6 Å². The molecule has 0 spiro atoms. The second-order valence-corrected chi connectivity index (χ2v) is 19.2. The van der Waals surface area contributed by atoms with Crippen LogP contribution in [0.15, 0.2) is 231 Å². The molecule has 6 heterocycles. The van der Waals surface area contributed by atoms with Gasteiger partial charge in [-0.2, -0.15) is 0 Å². The zero-order valence-electron chi connectivity index (χ0n) is 37.7. The lowest BCUT2D eigenvalue weighted by Crippen LogP contribution is -1.95. The standard InChI is InChI=1S/C66H38N4/c1-5-19-39(20-6-1)59-61-47-31-17-29-45-52-36-50-44-28-14-16-34-54(44)68(42-25-11-4-12-26-42)56(50)38-58(52)70(63(45)47)66(61)60(40-21-7-2-8-22-40)62-48-32-18-30-46-51-35-49-43-27-13-15-33-53(43)67(41-23-9-3-10-24-41)55(49)37-57(51)69(64(46)48)65(59)62/h1-38H. The minimum absolute atomic E-state index is 1.16. The van der Waals surface area contributed by atoms with E-state index in [0.29, 0.717) is 0 Å². The van der Waals surface area contributed by atoms with E-state index in [2.05, 4.69) is 248 Å². The van der Waals surface area contributed by atoms with E-state index in [1.165, 1.54) is 142 Å². The zero-order valence-corrected chi connectivity index (χ0v) is 37.7. The van der Waals surface area contributed by atoms with E-state index in [9.17, 15) is 0 Å². The summed E-state index contributed by atoms with van der Waals surface area (Å²) in [4.78, 5) is 0. The Hall–Kier alpha value is -9.38. The van der Waals surface area contributed by atoms with E-state index in [1.807, 2.05) is 0 Å². The summed E-state index contributed by atoms with van der Waals surface area (Å²) < 4.78 is 10.2. The summed E-state index contributed by atoms with van der Waals surface area (Å²) in [6.45, 7) is 0. The van der Waals surface area contributed by atoms with Crippen LogP contribution in [-0.2, 0) is 0 Å². The van der Waals surface area contributed by atoms with Gasteiger partial charge in [0.2, 0.25) is 0 Å². The molecule has 0 saturated carbocycles. The maximum atomic E-state index is 2.64. The van der Waals surface area contributed by atoms with Gasteiger partial charge in [0.1, 0.15) is 0 Å². The van der Waals surface area contributed by atoms with Gasteiger partial charge in [0, 0.05) is 87.1 Å². The molecule has 11 aromatic carbocycles. The molecule has 6 aromatic heterocycles. The molecule has 0 aliphatic heterocycles. The van der Waals surface area contributed by atoms with Gasteiger partial charge in [-0.15, -0.1) is 0 Å². The van der Waals surface area contributed by atoms with Crippen LogP contribution in [0.2, 0.25) is 0 Å². The van der Waals surface area contributed by atoms with Crippen molar-refractivity contribution in [3.05, 3.63) is 231 Å². The summed E-state index contributed by atoms with van der Waals surface area (Å²) in [5.41, 5.74) is 19.5. The fourth-order valence-electron chi connectivity index (χ4n) is 13.1. The van der Waals surface area contributed by atoms with E-state index in [-0.39, 0.29) is 0 Å². The first kappa shape index (κ1) is 36.7.